The van der Waals surface area contributed by atoms with Gasteiger partial charge in [-0.05, 0) is 42.5 Å². The highest BCUT2D eigenvalue weighted by molar-refractivity contribution is 5.27. The summed E-state index contributed by atoms with van der Waals surface area (Å²) in [6, 6.07) is 21.9. The molecule has 0 unspecified atom stereocenters. The number of benzene rings is 2. The fourth-order valence-corrected chi connectivity index (χ4v) is 3.60. The summed E-state index contributed by atoms with van der Waals surface area (Å²) in [5, 5.41) is 0. The summed E-state index contributed by atoms with van der Waals surface area (Å²) < 4.78 is 6.58. The van der Waals surface area contributed by atoms with Crippen LogP contribution in [0.5, 0.6) is 0 Å². The Labute approximate surface area is 152 Å². The van der Waals surface area contributed by atoms with Crippen LogP contribution >= 0.6 is 0 Å². The van der Waals surface area contributed by atoms with E-state index < -0.39 is 0 Å². The van der Waals surface area contributed by atoms with Crippen molar-refractivity contribution in [2.45, 2.75) is 45.8 Å². The maximum absolute atomic E-state index is 6.58. The van der Waals surface area contributed by atoms with Crippen molar-refractivity contribution in [1.29, 1.82) is 0 Å². The molecule has 2 nitrogen and oxygen atoms in total. The molecule has 25 heavy (non-hydrogen) atoms. The molecule has 0 aliphatic carbocycles. The Morgan fingerprint density at radius 2 is 1.36 bits per heavy atom. The maximum atomic E-state index is 6.58. The van der Waals surface area contributed by atoms with E-state index in [-0.39, 0.29) is 17.6 Å². The molecule has 1 aliphatic heterocycles. The monoisotopic (exact) mass is 337 g/mol. The number of ether oxygens (including phenoxy) is 1. The fourth-order valence-electron chi connectivity index (χ4n) is 3.60. The van der Waals surface area contributed by atoms with E-state index in [1.54, 1.807) is 0 Å². The van der Waals surface area contributed by atoms with E-state index in [1.807, 2.05) is 0 Å². The van der Waals surface area contributed by atoms with Crippen LogP contribution in [0.3, 0.4) is 0 Å². The van der Waals surface area contributed by atoms with E-state index >= 15 is 0 Å². The highest BCUT2D eigenvalue weighted by Crippen LogP contribution is 2.39. The van der Waals surface area contributed by atoms with Gasteiger partial charge in [0, 0.05) is 0 Å². The van der Waals surface area contributed by atoms with Gasteiger partial charge in [0.05, 0.1) is 12.6 Å². The number of hydrogen-bond acceptors (Lipinski definition) is 2. The quantitative estimate of drug-likeness (QED) is 0.677. The molecule has 1 aliphatic rings. The van der Waals surface area contributed by atoms with Crippen LogP contribution in [0, 0.1) is 5.41 Å². The van der Waals surface area contributed by atoms with Crippen molar-refractivity contribution in [3.63, 3.8) is 0 Å². The van der Waals surface area contributed by atoms with E-state index in [0.29, 0.717) is 0 Å². The van der Waals surface area contributed by atoms with Gasteiger partial charge in [0.1, 0.15) is 6.10 Å². The molecule has 2 atom stereocenters. The Balaban J connectivity index is 1.96. The topological polar surface area (TPSA) is 12.5 Å². The molecule has 2 aromatic rings. The third-order valence-electron chi connectivity index (χ3n) is 4.79. The lowest BCUT2D eigenvalue weighted by Gasteiger charge is -2.36. The molecule has 2 aromatic carbocycles. The van der Waals surface area contributed by atoms with Gasteiger partial charge in [-0.3, -0.25) is 4.90 Å². The summed E-state index contributed by atoms with van der Waals surface area (Å²) in [7, 11) is 0. The molecule has 1 saturated heterocycles. The predicted octanol–water partition coefficient (Wildman–Crippen LogP) is 5.63. The molecular weight excluding hydrogens is 306 g/mol. The van der Waals surface area contributed by atoms with Crippen molar-refractivity contribution in [1.82, 2.24) is 4.90 Å². The van der Waals surface area contributed by atoms with Gasteiger partial charge in [0.15, 0.2) is 0 Å². The van der Waals surface area contributed by atoms with Crippen molar-refractivity contribution in [2.24, 2.45) is 5.41 Å². The average molecular weight is 338 g/mol. The molecule has 1 heterocycles. The Hall–Kier alpha value is -1.64. The molecule has 134 valence electrons. The van der Waals surface area contributed by atoms with Crippen LogP contribution in [0.2, 0.25) is 0 Å². The summed E-state index contributed by atoms with van der Waals surface area (Å²) in [5.74, 6) is 0. The van der Waals surface area contributed by atoms with E-state index in [9.17, 15) is 0 Å². The SMILES string of the molecule is CC(C)(C)CO[C@H](c1ccccc1)[C@@H](c1ccccc1)N1CCCC1. The first kappa shape index (κ1) is 18.2. The van der Waals surface area contributed by atoms with E-state index in [4.69, 9.17) is 4.74 Å². The van der Waals surface area contributed by atoms with Crippen LogP contribution in [0.4, 0.5) is 0 Å². The lowest BCUT2D eigenvalue weighted by atomic mass is 9.93. The van der Waals surface area contributed by atoms with Gasteiger partial charge in [-0.25, -0.2) is 0 Å². The van der Waals surface area contributed by atoms with Crippen LogP contribution in [0.25, 0.3) is 0 Å². The summed E-state index contributed by atoms with van der Waals surface area (Å²) in [5.41, 5.74) is 2.78. The summed E-state index contributed by atoms with van der Waals surface area (Å²) >= 11 is 0. The van der Waals surface area contributed by atoms with Crippen LogP contribution in [0.1, 0.15) is 56.9 Å². The van der Waals surface area contributed by atoms with Gasteiger partial charge in [-0.2, -0.15) is 0 Å². The molecule has 2 heteroatoms. The molecule has 3 rings (SSSR count). The van der Waals surface area contributed by atoms with E-state index in [1.165, 1.54) is 24.0 Å². The molecular formula is C23H31NO. The molecule has 0 spiro atoms. The Morgan fingerprint density at radius 3 is 1.88 bits per heavy atom. The molecule has 1 fully saturated rings. The Kier molecular flexibility index (Phi) is 5.93. The highest BCUT2D eigenvalue weighted by Gasteiger charge is 2.33. The van der Waals surface area contributed by atoms with Crippen LogP contribution in [-0.4, -0.2) is 24.6 Å². The van der Waals surface area contributed by atoms with Crippen molar-refractivity contribution < 1.29 is 4.74 Å². The normalized spacial score (nSPS) is 18.2. The largest absolute Gasteiger partial charge is 0.371 e. The first-order valence-electron chi connectivity index (χ1n) is 9.50. The van der Waals surface area contributed by atoms with Gasteiger partial charge in [-0.15, -0.1) is 0 Å². The van der Waals surface area contributed by atoms with Crippen LogP contribution < -0.4 is 0 Å². The van der Waals surface area contributed by atoms with Gasteiger partial charge in [-0.1, -0.05) is 81.4 Å². The summed E-state index contributed by atoms with van der Waals surface area (Å²) in [6.45, 7) is 9.78. The summed E-state index contributed by atoms with van der Waals surface area (Å²) in [6.07, 6.45) is 2.62. The highest BCUT2D eigenvalue weighted by atomic mass is 16.5. The zero-order chi connectivity index (χ0) is 17.7. The first-order valence-corrected chi connectivity index (χ1v) is 9.50. The number of nitrogens with zero attached hydrogens (tertiary/aromatic N) is 1. The Morgan fingerprint density at radius 1 is 0.840 bits per heavy atom. The smallest absolute Gasteiger partial charge is 0.102 e. The molecule has 0 N–H and O–H groups in total. The third-order valence-corrected chi connectivity index (χ3v) is 4.79. The van der Waals surface area contributed by atoms with E-state index in [0.717, 1.165) is 19.7 Å². The second-order valence-corrected chi connectivity index (χ2v) is 8.30. The van der Waals surface area contributed by atoms with Crippen LogP contribution in [0.15, 0.2) is 60.7 Å². The minimum atomic E-state index is 0.0564. The van der Waals surface area contributed by atoms with E-state index in [2.05, 4.69) is 86.3 Å². The van der Waals surface area contributed by atoms with Crippen molar-refractivity contribution >= 4 is 0 Å². The first-order chi connectivity index (χ1) is 12.0. The predicted molar refractivity (Wildman–Crippen MR) is 105 cm³/mol. The van der Waals surface area contributed by atoms with Crippen molar-refractivity contribution in [3.05, 3.63) is 71.8 Å². The zero-order valence-corrected chi connectivity index (χ0v) is 15.8. The Bertz CT molecular complexity index is 626. The van der Waals surface area contributed by atoms with Gasteiger partial charge in [0.2, 0.25) is 0 Å². The molecule has 0 saturated carbocycles. The second-order valence-electron chi connectivity index (χ2n) is 8.30. The second kappa shape index (κ2) is 8.16. The lowest BCUT2D eigenvalue weighted by Crippen LogP contribution is -2.33. The zero-order valence-electron chi connectivity index (χ0n) is 15.8. The number of likely N-dealkylation sites (tertiary alicyclic amines) is 1. The number of rotatable bonds is 6. The van der Waals surface area contributed by atoms with Gasteiger partial charge < -0.3 is 4.74 Å². The number of hydrogen-bond donors (Lipinski definition) is 0. The van der Waals surface area contributed by atoms with Crippen molar-refractivity contribution in [3.8, 4) is 0 Å². The van der Waals surface area contributed by atoms with Gasteiger partial charge in [0.25, 0.3) is 0 Å². The average Bonchev–Trinajstić information content (AvgIpc) is 3.13. The fraction of sp³-hybridized carbons (Fsp3) is 0.478. The van der Waals surface area contributed by atoms with Crippen molar-refractivity contribution in [2.75, 3.05) is 19.7 Å². The standard InChI is InChI=1S/C23H31NO/c1-23(2,3)18-25-22(20-14-8-5-9-15-20)21(24-16-10-11-17-24)19-12-6-4-7-13-19/h4-9,12-15,21-22H,10-11,16-18H2,1-3H3/t21-,22-/m1/s1. The molecule has 0 amide bonds. The molecule has 0 aromatic heterocycles. The van der Waals surface area contributed by atoms with Gasteiger partial charge >= 0.3 is 0 Å². The van der Waals surface area contributed by atoms with Crippen LogP contribution in [-0.2, 0) is 4.74 Å². The maximum Gasteiger partial charge on any atom is 0.102 e. The molecule has 0 radical (unpaired) electrons. The minimum Gasteiger partial charge on any atom is -0.371 e. The third kappa shape index (κ3) is 4.93. The summed E-state index contributed by atoms with van der Waals surface area (Å²) in [4.78, 5) is 2.61. The minimum absolute atomic E-state index is 0.0564. The lowest BCUT2D eigenvalue weighted by molar-refractivity contribution is -0.0408. The molecule has 0 bridgehead atoms.